The molecule has 138 valence electrons. The first-order chi connectivity index (χ1) is 12.4. The number of aliphatic carboxylic acids is 1. The SMILES string of the molecule is COc1ccc(C(=O)NC(C)c2ccc(OCC(=O)O)cc2)c(OC)c1. The van der Waals surface area contributed by atoms with Crippen molar-refractivity contribution in [2.24, 2.45) is 0 Å². The van der Waals surface area contributed by atoms with E-state index in [0.29, 0.717) is 22.8 Å². The lowest BCUT2D eigenvalue weighted by atomic mass is 10.1. The minimum Gasteiger partial charge on any atom is -0.497 e. The second-order valence-electron chi connectivity index (χ2n) is 5.51. The van der Waals surface area contributed by atoms with Crippen molar-refractivity contribution >= 4 is 11.9 Å². The van der Waals surface area contributed by atoms with E-state index in [1.807, 2.05) is 6.92 Å². The molecule has 0 aliphatic rings. The summed E-state index contributed by atoms with van der Waals surface area (Å²) in [7, 11) is 3.03. The highest BCUT2D eigenvalue weighted by Crippen LogP contribution is 2.25. The first-order valence-corrected chi connectivity index (χ1v) is 7.92. The van der Waals surface area contributed by atoms with Gasteiger partial charge in [-0.3, -0.25) is 4.79 Å². The van der Waals surface area contributed by atoms with Crippen LogP contribution in [0.2, 0.25) is 0 Å². The van der Waals surface area contributed by atoms with E-state index in [4.69, 9.17) is 19.3 Å². The van der Waals surface area contributed by atoms with Gasteiger partial charge in [-0.05, 0) is 36.8 Å². The van der Waals surface area contributed by atoms with Crippen molar-refractivity contribution in [2.75, 3.05) is 20.8 Å². The fraction of sp³-hybridized carbons (Fsp3) is 0.263. The zero-order valence-electron chi connectivity index (χ0n) is 14.8. The third kappa shape index (κ3) is 4.89. The van der Waals surface area contributed by atoms with Crippen LogP contribution in [-0.4, -0.2) is 37.8 Å². The van der Waals surface area contributed by atoms with Crippen LogP contribution in [0.4, 0.5) is 0 Å². The summed E-state index contributed by atoms with van der Waals surface area (Å²) in [6, 6.07) is 11.6. The Hall–Kier alpha value is -3.22. The van der Waals surface area contributed by atoms with Gasteiger partial charge in [0.25, 0.3) is 5.91 Å². The van der Waals surface area contributed by atoms with E-state index in [9.17, 15) is 9.59 Å². The number of benzene rings is 2. The molecule has 0 radical (unpaired) electrons. The lowest BCUT2D eigenvalue weighted by molar-refractivity contribution is -0.139. The van der Waals surface area contributed by atoms with E-state index in [-0.39, 0.29) is 11.9 Å². The predicted molar refractivity (Wildman–Crippen MR) is 95.0 cm³/mol. The van der Waals surface area contributed by atoms with Crippen LogP contribution >= 0.6 is 0 Å². The Bertz CT molecular complexity index is 772. The molecule has 0 aliphatic carbocycles. The van der Waals surface area contributed by atoms with Crippen LogP contribution < -0.4 is 19.5 Å². The molecule has 2 aromatic carbocycles. The molecule has 2 rings (SSSR count). The summed E-state index contributed by atoms with van der Waals surface area (Å²) < 4.78 is 15.5. The fourth-order valence-electron chi connectivity index (χ4n) is 2.34. The quantitative estimate of drug-likeness (QED) is 0.753. The minimum atomic E-state index is -1.04. The van der Waals surface area contributed by atoms with Crippen LogP contribution in [0.1, 0.15) is 28.9 Å². The molecule has 0 heterocycles. The van der Waals surface area contributed by atoms with Crippen molar-refractivity contribution in [3.05, 3.63) is 53.6 Å². The van der Waals surface area contributed by atoms with Gasteiger partial charge in [0.05, 0.1) is 25.8 Å². The van der Waals surface area contributed by atoms with Crippen molar-refractivity contribution < 1.29 is 28.9 Å². The van der Waals surface area contributed by atoms with Crippen LogP contribution in [0.15, 0.2) is 42.5 Å². The van der Waals surface area contributed by atoms with Crippen LogP contribution in [0.5, 0.6) is 17.2 Å². The number of hydrogen-bond donors (Lipinski definition) is 2. The molecule has 1 amide bonds. The van der Waals surface area contributed by atoms with E-state index in [1.165, 1.54) is 7.11 Å². The monoisotopic (exact) mass is 359 g/mol. The molecule has 0 aliphatic heterocycles. The topological polar surface area (TPSA) is 94.1 Å². The molecule has 0 spiro atoms. The number of nitrogens with one attached hydrogen (secondary N) is 1. The molecule has 0 bridgehead atoms. The average Bonchev–Trinajstić information content (AvgIpc) is 2.65. The minimum absolute atomic E-state index is 0.261. The van der Waals surface area contributed by atoms with Crippen LogP contribution in [-0.2, 0) is 4.79 Å². The Morgan fingerprint density at radius 2 is 1.69 bits per heavy atom. The lowest BCUT2D eigenvalue weighted by Crippen LogP contribution is -2.27. The number of hydrogen-bond acceptors (Lipinski definition) is 5. The summed E-state index contributed by atoms with van der Waals surface area (Å²) >= 11 is 0. The largest absolute Gasteiger partial charge is 0.497 e. The first kappa shape index (κ1) is 19.1. The fourth-order valence-corrected chi connectivity index (χ4v) is 2.34. The molecule has 7 heteroatoms. The van der Waals surface area contributed by atoms with Crippen molar-refractivity contribution in [3.8, 4) is 17.2 Å². The molecule has 1 unspecified atom stereocenters. The maximum Gasteiger partial charge on any atom is 0.341 e. The number of carboxylic acid groups (broad SMARTS) is 1. The van der Waals surface area contributed by atoms with Crippen molar-refractivity contribution in [1.29, 1.82) is 0 Å². The number of carbonyl (C=O) groups is 2. The van der Waals surface area contributed by atoms with E-state index in [1.54, 1.807) is 49.6 Å². The van der Waals surface area contributed by atoms with Crippen LogP contribution in [0.3, 0.4) is 0 Å². The van der Waals surface area contributed by atoms with Crippen molar-refractivity contribution in [1.82, 2.24) is 5.32 Å². The molecule has 0 saturated carbocycles. The van der Waals surface area contributed by atoms with Gasteiger partial charge < -0.3 is 24.6 Å². The second-order valence-corrected chi connectivity index (χ2v) is 5.51. The Labute approximate surface area is 151 Å². The Kier molecular flexibility index (Phi) is 6.43. The molecule has 0 aromatic heterocycles. The highest BCUT2D eigenvalue weighted by Gasteiger charge is 2.16. The maximum atomic E-state index is 12.5. The highest BCUT2D eigenvalue weighted by atomic mass is 16.5. The Morgan fingerprint density at radius 1 is 1.04 bits per heavy atom. The Balaban J connectivity index is 2.06. The lowest BCUT2D eigenvalue weighted by Gasteiger charge is -2.16. The van der Waals surface area contributed by atoms with Gasteiger partial charge in [-0.15, -0.1) is 0 Å². The Morgan fingerprint density at radius 3 is 2.27 bits per heavy atom. The zero-order valence-corrected chi connectivity index (χ0v) is 14.8. The van der Waals surface area contributed by atoms with Gasteiger partial charge in [0, 0.05) is 6.07 Å². The maximum absolute atomic E-state index is 12.5. The summed E-state index contributed by atoms with van der Waals surface area (Å²) in [4.78, 5) is 23.0. The summed E-state index contributed by atoms with van der Waals surface area (Å²) in [5.41, 5.74) is 1.26. The van der Waals surface area contributed by atoms with E-state index < -0.39 is 12.6 Å². The first-order valence-electron chi connectivity index (χ1n) is 7.92. The number of amides is 1. The molecule has 26 heavy (non-hydrogen) atoms. The molecule has 0 saturated heterocycles. The van der Waals surface area contributed by atoms with Gasteiger partial charge in [-0.2, -0.15) is 0 Å². The number of rotatable bonds is 8. The highest BCUT2D eigenvalue weighted by molar-refractivity contribution is 5.97. The average molecular weight is 359 g/mol. The van der Waals surface area contributed by atoms with Crippen LogP contribution in [0, 0.1) is 0 Å². The zero-order chi connectivity index (χ0) is 19.1. The van der Waals surface area contributed by atoms with Crippen molar-refractivity contribution in [2.45, 2.75) is 13.0 Å². The third-order valence-corrected chi connectivity index (χ3v) is 3.74. The summed E-state index contributed by atoms with van der Waals surface area (Å²) in [5.74, 6) is 0.160. The molecular weight excluding hydrogens is 338 g/mol. The normalized spacial score (nSPS) is 11.3. The standard InChI is InChI=1S/C19H21NO6/c1-12(13-4-6-14(7-5-13)26-11-18(21)22)20-19(23)16-9-8-15(24-2)10-17(16)25-3/h4-10,12H,11H2,1-3H3,(H,20,23)(H,21,22). The molecular formula is C19H21NO6. The van der Waals surface area contributed by atoms with Gasteiger partial charge in [0.2, 0.25) is 0 Å². The van der Waals surface area contributed by atoms with Gasteiger partial charge in [0.15, 0.2) is 6.61 Å². The molecule has 7 nitrogen and oxygen atoms in total. The van der Waals surface area contributed by atoms with Gasteiger partial charge in [0.1, 0.15) is 17.2 Å². The molecule has 2 N–H and O–H groups in total. The number of carboxylic acids is 1. The van der Waals surface area contributed by atoms with E-state index in [2.05, 4.69) is 5.32 Å². The van der Waals surface area contributed by atoms with E-state index in [0.717, 1.165) is 5.56 Å². The van der Waals surface area contributed by atoms with Gasteiger partial charge >= 0.3 is 5.97 Å². The molecule has 0 fully saturated rings. The molecule has 1 atom stereocenters. The number of ether oxygens (including phenoxy) is 3. The summed E-state index contributed by atoms with van der Waals surface area (Å²) in [5, 5.41) is 11.5. The van der Waals surface area contributed by atoms with Crippen molar-refractivity contribution in [3.63, 3.8) is 0 Å². The van der Waals surface area contributed by atoms with E-state index >= 15 is 0 Å². The second kappa shape index (κ2) is 8.75. The predicted octanol–water partition coefficient (Wildman–Crippen LogP) is 2.66. The summed E-state index contributed by atoms with van der Waals surface area (Å²) in [6.45, 7) is 1.45. The number of carbonyl (C=O) groups excluding carboxylic acids is 1. The number of methoxy groups -OCH3 is 2. The van der Waals surface area contributed by atoms with Crippen LogP contribution in [0.25, 0.3) is 0 Å². The molecule has 2 aromatic rings. The van der Waals surface area contributed by atoms with Gasteiger partial charge in [-0.25, -0.2) is 4.79 Å². The smallest absolute Gasteiger partial charge is 0.341 e. The summed E-state index contributed by atoms with van der Waals surface area (Å²) in [6.07, 6.45) is 0. The third-order valence-electron chi connectivity index (χ3n) is 3.74. The van der Waals surface area contributed by atoms with Gasteiger partial charge in [-0.1, -0.05) is 12.1 Å².